The summed E-state index contributed by atoms with van der Waals surface area (Å²) in [5.41, 5.74) is 0.433. The monoisotopic (exact) mass is 293 g/mol. The number of hydrogen-bond donors (Lipinski definition) is 3. The lowest BCUT2D eigenvalue weighted by molar-refractivity contribution is -0.118. The molecule has 112 valence electrons. The molecule has 7 heteroatoms. The Hall–Kier alpha value is -2.31. The molecule has 21 heavy (non-hydrogen) atoms. The first-order valence-corrected chi connectivity index (χ1v) is 6.95. The molecular weight excluding hydrogens is 277 g/mol. The highest BCUT2D eigenvalue weighted by Gasteiger charge is 2.23. The molecule has 0 unspecified atom stereocenters. The summed E-state index contributed by atoms with van der Waals surface area (Å²) in [7, 11) is 0. The first kappa shape index (κ1) is 13.7. The van der Waals surface area contributed by atoms with E-state index in [-0.39, 0.29) is 35.7 Å². The number of benzene rings is 1. The van der Waals surface area contributed by atoms with Gasteiger partial charge in [0, 0.05) is 18.2 Å². The molecule has 0 spiro atoms. The number of fused-ring (bicyclic) bond motifs is 1. The Kier molecular flexibility index (Phi) is 3.64. The van der Waals surface area contributed by atoms with Gasteiger partial charge in [0.2, 0.25) is 0 Å². The van der Waals surface area contributed by atoms with Crippen molar-refractivity contribution in [1.82, 2.24) is 5.32 Å². The predicted octanol–water partition coefficient (Wildman–Crippen LogP) is 2.22. The van der Waals surface area contributed by atoms with Gasteiger partial charge in [-0.3, -0.25) is 4.79 Å². The number of urea groups is 1. The van der Waals surface area contributed by atoms with Crippen molar-refractivity contribution in [3.05, 3.63) is 17.9 Å². The van der Waals surface area contributed by atoms with Crippen molar-refractivity contribution < 1.29 is 18.7 Å². The summed E-state index contributed by atoms with van der Waals surface area (Å²) in [6.45, 7) is -0.155. The molecule has 1 aliphatic carbocycles. The van der Waals surface area contributed by atoms with Crippen molar-refractivity contribution in [2.24, 2.45) is 0 Å². The van der Waals surface area contributed by atoms with Gasteiger partial charge in [-0.2, -0.15) is 0 Å². The SMILES string of the molecule is O=C1COc2c(cc(F)cc2NC(=O)NC2CCCC2)N1. The zero-order chi connectivity index (χ0) is 14.8. The van der Waals surface area contributed by atoms with Gasteiger partial charge < -0.3 is 20.7 Å². The van der Waals surface area contributed by atoms with Crippen molar-refractivity contribution in [3.8, 4) is 5.75 Å². The molecule has 1 aromatic rings. The second-order valence-electron chi connectivity index (χ2n) is 5.25. The summed E-state index contributed by atoms with van der Waals surface area (Å²) in [6.07, 6.45) is 4.13. The highest BCUT2D eigenvalue weighted by atomic mass is 19.1. The summed E-state index contributed by atoms with van der Waals surface area (Å²) < 4.78 is 18.8. The molecule has 0 radical (unpaired) electrons. The van der Waals surface area contributed by atoms with E-state index in [4.69, 9.17) is 4.74 Å². The average molecular weight is 293 g/mol. The molecule has 1 aliphatic heterocycles. The van der Waals surface area contributed by atoms with E-state index in [1.165, 1.54) is 6.07 Å². The van der Waals surface area contributed by atoms with Gasteiger partial charge in [-0.05, 0) is 12.8 Å². The smallest absolute Gasteiger partial charge is 0.319 e. The van der Waals surface area contributed by atoms with Crippen LogP contribution in [-0.4, -0.2) is 24.6 Å². The van der Waals surface area contributed by atoms with Crippen molar-refractivity contribution in [3.63, 3.8) is 0 Å². The molecule has 2 aliphatic rings. The molecule has 6 nitrogen and oxygen atoms in total. The van der Waals surface area contributed by atoms with Crippen molar-refractivity contribution in [1.29, 1.82) is 0 Å². The lowest BCUT2D eigenvalue weighted by Crippen LogP contribution is -2.36. The molecule has 3 amide bonds. The third-order valence-corrected chi connectivity index (χ3v) is 3.61. The molecule has 0 bridgehead atoms. The maximum absolute atomic E-state index is 13.6. The van der Waals surface area contributed by atoms with E-state index in [2.05, 4.69) is 16.0 Å². The van der Waals surface area contributed by atoms with E-state index >= 15 is 0 Å². The fourth-order valence-electron chi connectivity index (χ4n) is 2.67. The molecule has 0 atom stereocenters. The van der Waals surface area contributed by atoms with Crippen molar-refractivity contribution >= 4 is 23.3 Å². The number of halogens is 1. The van der Waals surface area contributed by atoms with E-state index in [1.54, 1.807) is 0 Å². The highest BCUT2D eigenvalue weighted by Crippen LogP contribution is 2.36. The van der Waals surface area contributed by atoms with E-state index in [0.29, 0.717) is 0 Å². The summed E-state index contributed by atoms with van der Waals surface area (Å²) in [5, 5.41) is 7.95. The fraction of sp³-hybridized carbons (Fsp3) is 0.429. The topological polar surface area (TPSA) is 79.5 Å². The number of nitrogens with one attached hydrogen (secondary N) is 3. The second kappa shape index (κ2) is 5.59. The minimum atomic E-state index is -0.560. The molecule has 0 aromatic heterocycles. The lowest BCUT2D eigenvalue weighted by atomic mass is 10.2. The molecule has 3 N–H and O–H groups in total. The van der Waals surface area contributed by atoms with Crippen LogP contribution < -0.4 is 20.7 Å². The van der Waals surface area contributed by atoms with Crippen molar-refractivity contribution in [2.75, 3.05) is 17.2 Å². The van der Waals surface area contributed by atoms with Crippen LogP contribution in [0.1, 0.15) is 25.7 Å². The van der Waals surface area contributed by atoms with E-state index in [9.17, 15) is 14.0 Å². The Morgan fingerprint density at radius 2 is 2.10 bits per heavy atom. The Balaban J connectivity index is 1.75. The van der Waals surface area contributed by atoms with Gasteiger partial charge >= 0.3 is 6.03 Å². The third-order valence-electron chi connectivity index (χ3n) is 3.61. The quantitative estimate of drug-likeness (QED) is 0.782. The molecule has 1 fully saturated rings. The van der Waals surface area contributed by atoms with E-state index in [1.807, 2.05) is 0 Å². The molecule has 1 saturated carbocycles. The van der Waals surface area contributed by atoms with E-state index < -0.39 is 11.8 Å². The number of hydrogen-bond acceptors (Lipinski definition) is 3. The number of carbonyl (C=O) groups is 2. The van der Waals surface area contributed by atoms with Crippen LogP contribution in [0.2, 0.25) is 0 Å². The van der Waals surface area contributed by atoms with Gasteiger partial charge in [0.25, 0.3) is 5.91 Å². The zero-order valence-electron chi connectivity index (χ0n) is 11.4. The Morgan fingerprint density at radius 3 is 2.86 bits per heavy atom. The number of amides is 3. The summed E-state index contributed by atoms with van der Waals surface area (Å²) in [5.74, 6) is -0.636. The van der Waals surface area contributed by atoms with Crippen LogP contribution in [0.5, 0.6) is 5.75 Å². The Morgan fingerprint density at radius 1 is 1.33 bits per heavy atom. The van der Waals surface area contributed by atoms with Crippen LogP contribution in [0, 0.1) is 5.82 Å². The fourth-order valence-corrected chi connectivity index (χ4v) is 2.67. The molecular formula is C14H16FN3O3. The van der Waals surface area contributed by atoms with Gasteiger partial charge in [-0.15, -0.1) is 0 Å². The maximum atomic E-state index is 13.6. The van der Waals surface area contributed by atoms with Crippen molar-refractivity contribution in [2.45, 2.75) is 31.7 Å². The van der Waals surface area contributed by atoms with Crippen LogP contribution >= 0.6 is 0 Å². The van der Waals surface area contributed by atoms with Crippen LogP contribution in [0.3, 0.4) is 0 Å². The normalized spacial score (nSPS) is 17.7. The summed E-state index contributed by atoms with van der Waals surface area (Å²) in [6, 6.07) is 2.10. The summed E-state index contributed by atoms with van der Waals surface area (Å²) in [4.78, 5) is 23.2. The van der Waals surface area contributed by atoms with Gasteiger partial charge in [-0.1, -0.05) is 12.8 Å². The van der Waals surface area contributed by atoms with Crippen LogP contribution in [0.4, 0.5) is 20.6 Å². The van der Waals surface area contributed by atoms with Gasteiger partial charge in [0.15, 0.2) is 12.4 Å². The number of rotatable bonds is 2. The largest absolute Gasteiger partial charge is 0.479 e. The Bertz CT molecular complexity index is 585. The standard InChI is InChI=1S/C14H16FN3O3/c15-8-5-10-13(21-7-12(19)17-10)11(6-8)18-14(20)16-9-3-1-2-4-9/h5-6,9H,1-4,7H2,(H,17,19)(H2,16,18,20). The second-order valence-corrected chi connectivity index (χ2v) is 5.25. The Labute approximate surface area is 121 Å². The minimum absolute atomic E-state index is 0.155. The van der Waals surface area contributed by atoms with Gasteiger partial charge in [0.05, 0.1) is 11.4 Å². The summed E-state index contributed by atoms with van der Waals surface area (Å²) >= 11 is 0. The predicted molar refractivity (Wildman–Crippen MR) is 74.9 cm³/mol. The number of ether oxygens (including phenoxy) is 1. The molecule has 3 rings (SSSR count). The van der Waals surface area contributed by atoms with E-state index in [0.717, 1.165) is 31.7 Å². The highest BCUT2D eigenvalue weighted by molar-refractivity contribution is 5.99. The third kappa shape index (κ3) is 3.07. The minimum Gasteiger partial charge on any atom is -0.479 e. The first-order valence-electron chi connectivity index (χ1n) is 6.95. The van der Waals surface area contributed by atoms with Gasteiger partial charge in [-0.25, -0.2) is 9.18 Å². The average Bonchev–Trinajstić information content (AvgIpc) is 2.90. The number of carbonyl (C=O) groups excluding carboxylic acids is 2. The van der Waals surface area contributed by atoms with Gasteiger partial charge in [0.1, 0.15) is 5.82 Å². The first-order chi connectivity index (χ1) is 10.1. The molecule has 1 heterocycles. The lowest BCUT2D eigenvalue weighted by Gasteiger charge is -2.21. The van der Waals surface area contributed by atoms with Crippen LogP contribution in [0.25, 0.3) is 0 Å². The molecule has 0 saturated heterocycles. The zero-order valence-corrected chi connectivity index (χ0v) is 11.4. The maximum Gasteiger partial charge on any atom is 0.319 e. The van der Waals surface area contributed by atoms with Crippen LogP contribution in [-0.2, 0) is 4.79 Å². The number of anilines is 2. The van der Waals surface area contributed by atoms with Crippen LogP contribution in [0.15, 0.2) is 12.1 Å². The molecule has 1 aromatic carbocycles.